The van der Waals surface area contributed by atoms with Gasteiger partial charge in [-0.15, -0.1) is 11.3 Å². The van der Waals surface area contributed by atoms with Crippen LogP contribution >= 0.6 is 11.3 Å². The molecule has 6 heteroatoms. The fraction of sp³-hybridized carbons (Fsp3) is 0.667. The number of amides is 2. The summed E-state index contributed by atoms with van der Waals surface area (Å²) < 4.78 is 0. The van der Waals surface area contributed by atoms with Gasteiger partial charge in [0.2, 0.25) is 5.91 Å². The van der Waals surface area contributed by atoms with Crippen LogP contribution < -0.4 is 11.1 Å². The molecule has 1 saturated heterocycles. The monoisotopic (exact) mass is 349 g/mol. The summed E-state index contributed by atoms with van der Waals surface area (Å²) in [4.78, 5) is 27.8. The number of hydrogen-bond donors (Lipinski definition) is 2. The van der Waals surface area contributed by atoms with Gasteiger partial charge in [-0.2, -0.15) is 0 Å². The highest BCUT2D eigenvalue weighted by Gasteiger charge is 2.27. The number of hydrogen-bond acceptors (Lipinski definition) is 4. The number of fused-ring (bicyclic) bond motifs is 1. The molecule has 2 aliphatic rings. The summed E-state index contributed by atoms with van der Waals surface area (Å²) >= 11 is 1.53. The number of nitrogens with two attached hydrogens (primary N) is 1. The molecule has 0 saturated carbocycles. The zero-order chi connectivity index (χ0) is 17.3. The van der Waals surface area contributed by atoms with E-state index in [1.54, 1.807) is 0 Å². The maximum Gasteiger partial charge on any atom is 0.251 e. The van der Waals surface area contributed by atoms with Crippen LogP contribution in [0.3, 0.4) is 0 Å². The zero-order valence-corrected chi connectivity index (χ0v) is 15.4. The van der Waals surface area contributed by atoms with E-state index in [0.29, 0.717) is 28.9 Å². The van der Waals surface area contributed by atoms with Gasteiger partial charge in [0.15, 0.2) is 0 Å². The second-order valence-electron chi connectivity index (χ2n) is 7.45. The summed E-state index contributed by atoms with van der Waals surface area (Å²) in [5.41, 5.74) is 7.21. The van der Waals surface area contributed by atoms with E-state index in [1.807, 2.05) is 0 Å². The van der Waals surface area contributed by atoms with Crippen molar-refractivity contribution < 1.29 is 9.59 Å². The number of carbonyl (C=O) groups excluding carboxylic acids is 2. The Labute approximate surface area is 147 Å². The van der Waals surface area contributed by atoms with E-state index in [-0.39, 0.29) is 5.91 Å². The van der Waals surface area contributed by atoms with Crippen LogP contribution in [0.2, 0.25) is 0 Å². The van der Waals surface area contributed by atoms with Crippen molar-refractivity contribution in [3.05, 3.63) is 16.0 Å². The van der Waals surface area contributed by atoms with Gasteiger partial charge in [-0.1, -0.05) is 13.8 Å². The molecule has 5 nitrogen and oxygen atoms in total. The Morgan fingerprint density at radius 3 is 2.79 bits per heavy atom. The number of anilines is 1. The Hall–Kier alpha value is -1.40. The summed E-state index contributed by atoms with van der Waals surface area (Å²) in [6, 6.07) is 0. The van der Waals surface area contributed by atoms with Crippen LogP contribution in [-0.4, -0.2) is 36.3 Å². The lowest BCUT2D eigenvalue weighted by atomic mass is 9.88. The van der Waals surface area contributed by atoms with E-state index in [4.69, 9.17) is 5.73 Å². The number of likely N-dealkylation sites (tertiary alicyclic amines) is 1. The summed E-state index contributed by atoms with van der Waals surface area (Å²) in [7, 11) is 0. The van der Waals surface area contributed by atoms with Gasteiger partial charge in [-0.3, -0.25) is 14.5 Å². The normalized spacial score (nSPS) is 24.4. The predicted molar refractivity (Wildman–Crippen MR) is 97.5 cm³/mol. The molecule has 0 aromatic carbocycles. The smallest absolute Gasteiger partial charge is 0.251 e. The van der Waals surface area contributed by atoms with Gasteiger partial charge in [0.05, 0.1) is 12.1 Å². The number of nitrogens with one attached hydrogen (secondary N) is 1. The maximum absolute atomic E-state index is 12.4. The second-order valence-corrected chi connectivity index (χ2v) is 8.56. The number of primary amides is 1. The summed E-state index contributed by atoms with van der Waals surface area (Å²) in [5.74, 6) is 0.792. The molecule has 2 heterocycles. The molecule has 1 aliphatic heterocycles. The second kappa shape index (κ2) is 7.23. The standard InChI is InChI=1S/C18H27N3O2S/c1-11-5-6-13-14(8-11)24-18(16(13)17(19)23)20-15(22)10-21-7-3-4-12(2)9-21/h11-12H,3-10H2,1-2H3,(H2,19,23)(H,20,22). The van der Waals surface area contributed by atoms with Gasteiger partial charge in [-0.25, -0.2) is 0 Å². The van der Waals surface area contributed by atoms with Crippen LogP contribution in [0.1, 0.15) is 53.9 Å². The van der Waals surface area contributed by atoms with E-state index in [9.17, 15) is 9.59 Å². The molecular formula is C18H27N3O2S. The fourth-order valence-corrected chi connectivity index (χ4v) is 5.33. The van der Waals surface area contributed by atoms with Gasteiger partial charge in [0.1, 0.15) is 5.00 Å². The lowest BCUT2D eigenvalue weighted by Gasteiger charge is -2.30. The maximum atomic E-state index is 12.4. The highest BCUT2D eigenvalue weighted by molar-refractivity contribution is 7.17. The predicted octanol–water partition coefficient (Wildman–Crippen LogP) is 2.64. The SMILES string of the molecule is CC1CCc2c(sc(NC(=O)CN3CCCC(C)C3)c2C(N)=O)C1. The molecule has 3 N–H and O–H groups in total. The lowest BCUT2D eigenvalue weighted by Crippen LogP contribution is -2.39. The third-order valence-corrected chi connectivity index (χ3v) is 6.29. The van der Waals surface area contributed by atoms with Crippen molar-refractivity contribution in [2.45, 2.75) is 46.0 Å². The van der Waals surface area contributed by atoms with Crippen molar-refractivity contribution in [2.75, 3.05) is 25.0 Å². The largest absolute Gasteiger partial charge is 0.365 e. The van der Waals surface area contributed by atoms with Crippen molar-refractivity contribution in [1.29, 1.82) is 0 Å². The molecule has 2 atom stereocenters. The molecule has 132 valence electrons. The molecule has 2 amide bonds. The molecule has 1 aromatic rings. The number of piperidine rings is 1. The Morgan fingerprint density at radius 1 is 1.29 bits per heavy atom. The molecule has 0 radical (unpaired) electrons. The van der Waals surface area contributed by atoms with E-state index in [2.05, 4.69) is 24.1 Å². The molecule has 3 rings (SSSR count). The Balaban J connectivity index is 1.72. The minimum absolute atomic E-state index is 0.0433. The van der Waals surface area contributed by atoms with Crippen LogP contribution in [0.5, 0.6) is 0 Å². The Bertz CT molecular complexity index is 640. The molecule has 0 bridgehead atoms. The molecule has 0 spiro atoms. The zero-order valence-electron chi connectivity index (χ0n) is 14.6. The summed E-state index contributed by atoms with van der Waals surface area (Å²) in [6.45, 7) is 6.78. The number of nitrogens with zero attached hydrogens (tertiary/aromatic N) is 1. The average Bonchev–Trinajstić information content (AvgIpc) is 2.83. The van der Waals surface area contributed by atoms with E-state index < -0.39 is 5.91 Å². The van der Waals surface area contributed by atoms with E-state index >= 15 is 0 Å². The van der Waals surface area contributed by atoms with Gasteiger partial charge in [0, 0.05) is 11.4 Å². The van der Waals surface area contributed by atoms with Crippen LogP contribution in [0.15, 0.2) is 0 Å². The van der Waals surface area contributed by atoms with Gasteiger partial charge < -0.3 is 11.1 Å². The van der Waals surface area contributed by atoms with Gasteiger partial charge in [-0.05, 0) is 56.0 Å². The first kappa shape index (κ1) is 17.4. The minimum atomic E-state index is -0.427. The first-order valence-electron chi connectivity index (χ1n) is 8.90. The van der Waals surface area contributed by atoms with Crippen LogP contribution in [0.4, 0.5) is 5.00 Å². The first-order chi connectivity index (χ1) is 11.4. The lowest BCUT2D eigenvalue weighted by molar-refractivity contribution is -0.117. The quantitative estimate of drug-likeness (QED) is 0.877. The average molecular weight is 350 g/mol. The van der Waals surface area contributed by atoms with Crippen molar-refractivity contribution in [3.8, 4) is 0 Å². The van der Waals surface area contributed by atoms with Gasteiger partial charge >= 0.3 is 0 Å². The van der Waals surface area contributed by atoms with E-state index in [0.717, 1.165) is 44.3 Å². The molecule has 1 aliphatic carbocycles. The molecule has 24 heavy (non-hydrogen) atoms. The minimum Gasteiger partial charge on any atom is -0.365 e. The van der Waals surface area contributed by atoms with Crippen molar-refractivity contribution in [3.63, 3.8) is 0 Å². The molecular weight excluding hydrogens is 322 g/mol. The van der Waals surface area contributed by atoms with Crippen molar-refractivity contribution in [1.82, 2.24) is 4.90 Å². The van der Waals surface area contributed by atoms with E-state index in [1.165, 1.54) is 22.6 Å². The summed E-state index contributed by atoms with van der Waals surface area (Å²) in [6.07, 6.45) is 5.31. The Kier molecular flexibility index (Phi) is 5.25. The van der Waals surface area contributed by atoms with Crippen molar-refractivity contribution in [2.24, 2.45) is 17.6 Å². The summed E-state index contributed by atoms with van der Waals surface area (Å²) in [5, 5.41) is 3.61. The van der Waals surface area contributed by atoms with Gasteiger partial charge in [0.25, 0.3) is 5.91 Å². The van der Waals surface area contributed by atoms with Crippen LogP contribution in [-0.2, 0) is 17.6 Å². The molecule has 1 aromatic heterocycles. The van der Waals surface area contributed by atoms with Crippen molar-refractivity contribution >= 4 is 28.2 Å². The first-order valence-corrected chi connectivity index (χ1v) is 9.72. The third kappa shape index (κ3) is 3.81. The fourth-order valence-electron chi connectivity index (χ4n) is 3.90. The number of rotatable bonds is 4. The topological polar surface area (TPSA) is 75.4 Å². The number of thiophene rings is 1. The number of carbonyl (C=O) groups is 2. The Morgan fingerprint density at radius 2 is 2.08 bits per heavy atom. The highest BCUT2D eigenvalue weighted by Crippen LogP contribution is 2.39. The van der Waals surface area contributed by atoms with Crippen LogP contribution in [0, 0.1) is 11.8 Å². The third-order valence-electron chi connectivity index (χ3n) is 5.12. The molecule has 1 fully saturated rings. The molecule has 2 unspecified atom stereocenters. The van der Waals surface area contributed by atoms with Crippen LogP contribution in [0.25, 0.3) is 0 Å². The highest BCUT2D eigenvalue weighted by atomic mass is 32.1.